The molecule has 0 spiro atoms. The van der Waals surface area contributed by atoms with Crippen molar-refractivity contribution in [3.8, 4) is 0 Å². The molecule has 1 N–H and O–H groups in total. The summed E-state index contributed by atoms with van der Waals surface area (Å²) in [5.74, 6) is 0.430. The van der Waals surface area contributed by atoms with Gasteiger partial charge in [0.25, 0.3) is 0 Å². The maximum absolute atomic E-state index is 12.0. The number of aliphatic hydroxyl groups excluding tert-OH is 1. The zero-order valence-electron chi connectivity index (χ0n) is 10.6. The second-order valence-corrected chi connectivity index (χ2v) is 7.81. The van der Waals surface area contributed by atoms with E-state index >= 15 is 0 Å². The Morgan fingerprint density at radius 1 is 1.44 bits per heavy atom. The topological polar surface area (TPSA) is 57.6 Å². The number of nitrogens with zero attached hydrogens (tertiary/aromatic N) is 1. The van der Waals surface area contributed by atoms with Crippen LogP contribution in [0.4, 0.5) is 0 Å². The van der Waals surface area contributed by atoms with Crippen molar-refractivity contribution in [2.45, 2.75) is 40.2 Å². The lowest BCUT2D eigenvalue weighted by Crippen LogP contribution is -2.45. The zero-order valence-corrected chi connectivity index (χ0v) is 11.4. The third kappa shape index (κ3) is 2.96. The number of hydrogen-bond acceptors (Lipinski definition) is 3. The van der Waals surface area contributed by atoms with Crippen LogP contribution in [0.25, 0.3) is 0 Å². The maximum atomic E-state index is 12.0. The molecule has 1 aliphatic heterocycles. The highest BCUT2D eigenvalue weighted by molar-refractivity contribution is 7.89. The van der Waals surface area contributed by atoms with E-state index in [9.17, 15) is 8.42 Å². The molecule has 16 heavy (non-hydrogen) atoms. The van der Waals surface area contributed by atoms with Crippen LogP contribution >= 0.6 is 0 Å². The molecule has 1 aliphatic rings. The van der Waals surface area contributed by atoms with Gasteiger partial charge in [0.15, 0.2) is 0 Å². The molecule has 2 atom stereocenters. The Morgan fingerprint density at radius 2 is 2.00 bits per heavy atom. The molecule has 0 aromatic heterocycles. The average Bonchev–Trinajstić information content (AvgIpc) is 2.33. The summed E-state index contributed by atoms with van der Waals surface area (Å²) >= 11 is 0. The first-order valence-electron chi connectivity index (χ1n) is 5.79. The first-order chi connectivity index (χ1) is 7.18. The molecule has 5 heteroatoms. The Kier molecular flexibility index (Phi) is 4.03. The van der Waals surface area contributed by atoms with E-state index in [1.807, 2.05) is 27.7 Å². The maximum Gasteiger partial charge on any atom is 0.214 e. The summed E-state index contributed by atoms with van der Waals surface area (Å²) in [7, 11) is -3.12. The Morgan fingerprint density at radius 3 is 2.31 bits per heavy atom. The van der Waals surface area contributed by atoms with Crippen molar-refractivity contribution in [3.63, 3.8) is 0 Å². The van der Waals surface area contributed by atoms with E-state index in [4.69, 9.17) is 5.11 Å². The summed E-state index contributed by atoms with van der Waals surface area (Å²) in [5.41, 5.74) is -0.139. The fraction of sp³-hybridized carbons (Fsp3) is 1.00. The normalized spacial score (nSPS) is 28.2. The summed E-state index contributed by atoms with van der Waals surface area (Å²) in [5, 5.41) is 9.07. The first kappa shape index (κ1) is 13.9. The van der Waals surface area contributed by atoms with Crippen LogP contribution in [-0.2, 0) is 10.0 Å². The third-order valence-electron chi connectivity index (χ3n) is 3.09. The molecule has 1 rings (SSSR count). The molecule has 2 unspecified atom stereocenters. The zero-order chi connectivity index (χ0) is 12.6. The van der Waals surface area contributed by atoms with Crippen LogP contribution in [0.3, 0.4) is 0 Å². The highest BCUT2D eigenvalue weighted by Crippen LogP contribution is 2.33. The van der Waals surface area contributed by atoms with Gasteiger partial charge in [0.05, 0.1) is 5.75 Å². The van der Waals surface area contributed by atoms with Crippen LogP contribution in [0.1, 0.15) is 34.1 Å². The van der Waals surface area contributed by atoms with Gasteiger partial charge in [-0.25, -0.2) is 8.42 Å². The van der Waals surface area contributed by atoms with E-state index in [0.717, 1.165) is 0 Å². The van der Waals surface area contributed by atoms with Crippen molar-refractivity contribution in [1.29, 1.82) is 0 Å². The molecular weight excluding hydrogens is 226 g/mol. The molecule has 4 nitrogen and oxygen atoms in total. The van der Waals surface area contributed by atoms with Crippen LogP contribution in [0.2, 0.25) is 0 Å². The quantitative estimate of drug-likeness (QED) is 0.814. The largest absolute Gasteiger partial charge is 0.396 e. The van der Waals surface area contributed by atoms with Gasteiger partial charge in [0.1, 0.15) is 0 Å². The molecule has 1 saturated heterocycles. The summed E-state index contributed by atoms with van der Waals surface area (Å²) in [6.07, 6.45) is 0.509. The van der Waals surface area contributed by atoms with E-state index in [-0.39, 0.29) is 29.7 Å². The van der Waals surface area contributed by atoms with Gasteiger partial charge >= 0.3 is 0 Å². The standard InChI is InChI=1S/C11H23NO3S/c1-9-7-12(16(14,15)8-9)10(5-6-13)11(2,3)4/h9-10,13H,5-8H2,1-4H3. The average molecular weight is 249 g/mol. The molecule has 96 valence electrons. The number of sulfonamides is 1. The molecule has 0 bridgehead atoms. The molecule has 1 heterocycles. The van der Waals surface area contributed by atoms with E-state index in [0.29, 0.717) is 13.0 Å². The molecule has 0 radical (unpaired) electrons. The lowest BCUT2D eigenvalue weighted by molar-refractivity contribution is 0.137. The fourth-order valence-corrected chi connectivity index (χ4v) is 4.69. The molecule has 0 saturated carbocycles. The number of aliphatic hydroxyl groups is 1. The van der Waals surface area contributed by atoms with E-state index in [2.05, 4.69) is 0 Å². The Balaban J connectivity index is 2.96. The third-order valence-corrected chi connectivity index (χ3v) is 5.20. The minimum absolute atomic E-state index is 0.0301. The van der Waals surface area contributed by atoms with Gasteiger partial charge in [0, 0.05) is 19.2 Å². The number of hydrogen-bond donors (Lipinski definition) is 1. The van der Waals surface area contributed by atoms with Gasteiger partial charge in [-0.3, -0.25) is 0 Å². The summed E-state index contributed by atoms with van der Waals surface area (Å²) in [6.45, 7) is 8.63. The second-order valence-electron chi connectivity index (χ2n) is 5.85. The highest BCUT2D eigenvalue weighted by atomic mass is 32.2. The van der Waals surface area contributed by atoms with Crippen LogP contribution < -0.4 is 0 Å². The van der Waals surface area contributed by atoms with Crippen LogP contribution in [0.15, 0.2) is 0 Å². The number of rotatable bonds is 3. The second kappa shape index (κ2) is 4.63. The lowest BCUT2D eigenvalue weighted by Gasteiger charge is -2.36. The minimum atomic E-state index is -3.12. The van der Waals surface area contributed by atoms with Crippen molar-refractivity contribution in [1.82, 2.24) is 4.31 Å². The van der Waals surface area contributed by atoms with Gasteiger partial charge in [-0.2, -0.15) is 4.31 Å². The molecule has 1 fully saturated rings. The SMILES string of the molecule is CC1CN(C(CCO)C(C)(C)C)S(=O)(=O)C1. The molecular formula is C11H23NO3S. The van der Waals surface area contributed by atoms with Gasteiger partial charge in [-0.05, 0) is 17.8 Å². The van der Waals surface area contributed by atoms with Crippen LogP contribution in [-0.4, -0.2) is 42.8 Å². The first-order valence-corrected chi connectivity index (χ1v) is 7.40. The van der Waals surface area contributed by atoms with Crippen molar-refractivity contribution in [3.05, 3.63) is 0 Å². The predicted octanol–water partition coefficient (Wildman–Crippen LogP) is 1.06. The van der Waals surface area contributed by atoms with Gasteiger partial charge in [-0.1, -0.05) is 27.7 Å². The molecule has 0 aromatic rings. The van der Waals surface area contributed by atoms with Crippen molar-refractivity contribution < 1.29 is 13.5 Å². The summed E-state index contributed by atoms with van der Waals surface area (Å²) in [4.78, 5) is 0. The van der Waals surface area contributed by atoms with Crippen LogP contribution in [0.5, 0.6) is 0 Å². The van der Waals surface area contributed by atoms with Gasteiger partial charge < -0.3 is 5.11 Å². The molecule has 0 aliphatic carbocycles. The van der Waals surface area contributed by atoms with Gasteiger partial charge in [0.2, 0.25) is 10.0 Å². The molecule has 0 aromatic carbocycles. The van der Waals surface area contributed by atoms with E-state index in [1.165, 1.54) is 0 Å². The van der Waals surface area contributed by atoms with Crippen molar-refractivity contribution in [2.75, 3.05) is 18.9 Å². The minimum Gasteiger partial charge on any atom is -0.396 e. The van der Waals surface area contributed by atoms with Crippen molar-refractivity contribution >= 4 is 10.0 Å². The Bertz CT molecular complexity index is 332. The summed E-state index contributed by atoms with van der Waals surface area (Å²) < 4.78 is 25.6. The lowest BCUT2D eigenvalue weighted by atomic mass is 9.84. The predicted molar refractivity (Wildman–Crippen MR) is 64.6 cm³/mol. The summed E-state index contributed by atoms with van der Waals surface area (Å²) in [6, 6.07) is -0.104. The Labute approximate surface area is 98.7 Å². The highest BCUT2D eigenvalue weighted by Gasteiger charge is 2.42. The molecule has 0 amide bonds. The van der Waals surface area contributed by atoms with Crippen molar-refractivity contribution in [2.24, 2.45) is 11.3 Å². The Hall–Kier alpha value is -0.130. The fourth-order valence-electron chi connectivity index (χ4n) is 2.38. The van der Waals surface area contributed by atoms with E-state index < -0.39 is 10.0 Å². The smallest absolute Gasteiger partial charge is 0.214 e. The van der Waals surface area contributed by atoms with E-state index in [1.54, 1.807) is 4.31 Å². The monoisotopic (exact) mass is 249 g/mol. The van der Waals surface area contributed by atoms with Crippen LogP contribution in [0, 0.1) is 11.3 Å². The van der Waals surface area contributed by atoms with Gasteiger partial charge in [-0.15, -0.1) is 0 Å².